The summed E-state index contributed by atoms with van der Waals surface area (Å²) in [5, 5.41) is 13.9. The molecular formula is C17H20ClN3O3. The number of nitrogens with one attached hydrogen (secondary N) is 1. The highest BCUT2D eigenvalue weighted by Gasteiger charge is 2.32. The fraction of sp³-hybridized carbons (Fsp3) is 0.353. The highest BCUT2D eigenvalue weighted by Crippen LogP contribution is 2.22. The lowest BCUT2D eigenvalue weighted by Crippen LogP contribution is -2.48. The van der Waals surface area contributed by atoms with Gasteiger partial charge in [0.25, 0.3) is 0 Å². The molecule has 1 aromatic heterocycles. The summed E-state index contributed by atoms with van der Waals surface area (Å²) in [6.45, 7) is 1.33. The first kappa shape index (κ1) is 18.2. The van der Waals surface area contributed by atoms with Gasteiger partial charge in [-0.3, -0.25) is 14.6 Å². The van der Waals surface area contributed by atoms with Crippen LogP contribution in [-0.2, 0) is 9.59 Å². The number of aliphatic hydroxyl groups excluding tert-OH is 1. The number of amides is 2. The molecule has 0 saturated carbocycles. The second-order valence-electron chi connectivity index (χ2n) is 5.70. The van der Waals surface area contributed by atoms with Gasteiger partial charge < -0.3 is 15.3 Å². The molecular weight excluding hydrogens is 330 g/mol. The van der Waals surface area contributed by atoms with Gasteiger partial charge >= 0.3 is 0 Å². The Morgan fingerprint density at radius 1 is 1.29 bits per heavy atom. The highest BCUT2D eigenvalue weighted by atomic mass is 35.5. The third-order valence-electron chi connectivity index (χ3n) is 4.20. The predicted octanol–water partition coefficient (Wildman–Crippen LogP) is 1.43. The molecule has 7 heteroatoms. The van der Waals surface area contributed by atoms with Gasteiger partial charge in [0.1, 0.15) is 12.1 Å². The molecule has 24 heavy (non-hydrogen) atoms. The molecule has 0 bridgehead atoms. The molecule has 3 rings (SSSR count). The number of fused-ring (bicyclic) bond motifs is 1. The second-order valence-corrected chi connectivity index (χ2v) is 5.70. The summed E-state index contributed by atoms with van der Waals surface area (Å²) in [6, 6.07) is 8.35. The number of hydrogen-bond donors (Lipinski definition) is 2. The summed E-state index contributed by atoms with van der Waals surface area (Å²) >= 11 is 0. The first-order valence-corrected chi connectivity index (χ1v) is 7.72. The van der Waals surface area contributed by atoms with Crippen molar-refractivity contribution in [2.75, 3.05) is 13.1 Å². The summed E-state index contributed by atoms with van der Waals surface area (Å²) in [5.74, 6) is -0.254. The Hall–Kier alpha value is -2.18. The Bertz CT molecular complexity index is 719. The van der Waals surface area contributed by atoms with E-state index in [-0.39, 0.29) is 18.3 Å². The summed E-state index contributed by atoms with van der Waals surface area (Å²) in [7, 11) is 0. The van der Waals surface area contributed by atoms with Crippen molar-refractivity contribution in [1.82, 2.24) is 15.2 Å². The monoisotopic (exact) mass is 349 g/mol. The van der Waals surface area contributed by atoms with Crippen molar-refractivity contribution in [3.63, 3.8) is 0 Å². The standard InChI is InChI=1S/C17H19N3O3.ClH/c21-11-19-15(17(23)20-7-3-4-8-20)16(22)13-9-12-5-1-2-6-14(12)18-10-13;/h1-2,5-6,9-11,15-16,22H,3-4,7-8H2,(H,19,21);1H/t15-,16+;/m1./s1. The van der Waals surface area contributed by atoms with Crippen LogP contribution in [0.4, 0.5) is 0 Å². The zero-order chi connectivity index (χ0) is 16.2. The first-order valence-electron chi connectivity index (χ1n) is 7.72. The van der Waals surface area contributed by atoms with Gasteiger partial charge in [0.15, 0.2) is 0 Å². The van der Waals surface area contributed by atoms with E-state index in [1.807, 2.05) is 24.3 Å². The van der Waals surface area contributed by atoms with Crippen molar-refractivity contribution < 1.29 is 14.7 Å². The van der Waals surface area contributed by atoms with Gasteiger partial charge in [-0.1, -0.05) is 18.2 Å². The third kappa shape index (κ3) is 3.66. The molecule has 1 fully saturated rings. The summed E-state index contributed by atoms with van der Waals surface area (Å²) < 4.78 is 0. The van der Waals surface area contributed by atoms with E-state index in [1.54, 1.807) is 17.2 Å². The maximum atomic E-state index is 12.5. The Morgan fingerprint density at radius 2 is 2.00 bits per heavy atom. The van der Waals surface area contributed by atoms with Gasteiger partial charge in [-0.25, -0.2) is 0 Å². The lowest BCUT2D eigenvalue weighted by atomic mass is 10.0. The minimum Gasteiger partial charge on any atom is -0.386 e. The van der Waals surface area contributed by atoms with Crippen LogP contribution in [-0.4, -0.2) is 46.4 Å². The number of halogens is 1. The molecule has 0 spiro atoms. The smallest absolute Gasteiger partial charge is 0.248 e. The van der Waals surface area contributed by atoms with Crippen LogP contribution in [0.3, 0.4) is 0 Å². The fourth-order valence-electron chi connectivity index (χ4n) is 2.95. The molecule has 1 aliphatic heterocycles. The van der Waals surface area contributed by atoms with Crippen LogP contribution in [0, 0.1) is 0 Å². The van der Waals surface area contributed by atoms with Crippen molar-refractivity contribution in [3.05, 3.63) is 42.1 Å². The van der Waals surface area contributed by atoms with Crippen molar-refractivity contribution >= 4 is 35.6 Å². The van der Waals surface area contributed by atoms with E-state index in [4.69, 9.17) is 0 Å². The van der Waals surface area contributed by atoms with Crippen molar-refractivity contribution in [1.29, 1.82) is 0 Å². The van der Waals surface area contributed by atoms with Crippen molar-refractivity contribution in [2.24, 2.45) is 0 Å². The number of para-hydroxylation sites is 1. The summed E-state index contributed by atoms with van der Waals surface area (Å²) in [4.78, 5) is 29.4. The number of aliphatic hydroxyl groups is 1. The van der Waals surface area contributed by atoms with Crippen molar-refractivity contribution in [2.45, 2.75) is 25.0 Å². The van der Waals surface area contributed by atoms with Gasteiger partial charge in [-0.15, -0.1) is 12.4 Å². The fourth-order valence-corrected chi connectivity index (χ4v) is 2.95. The molecule has 2 N–H and O–H groups in total. The minimum atomic E-state index is -1.13. The second kappa shape index (κ2) is 8.08. The molecule has 0 aliphatic carbocycles. The maximum Gasteiger partial charge on any atom is 0.248 e. The van der Waals surface area contributed by atoms with Gasteiger partial charge in [-0.2, -0.15) is 0 Å². The molecule has 128 valence electrons. The topological polar surface area (TPSA) is 82.5 Å². The SMILES string of the molecule is Cl.O=CN[C@@H](C(=O)N1CCCC1)[C@@H](O)c1cnc2ccccc2c1. The molecule has 2 amide bonds. The van der Waals surface area contributed by atoms with E-state index < -0.39 is 12.1 Å². The quantitative estimate of drug-likeness (QED) is 0.800. The maximum absolute atomic E-state index is 12.5. The normalized spacial score (nSPS) is 16.3. The van der Waals surface area contributed by atoms with Gasteiger partial charge in [0.2, 0.25) is 12.3 Å². The van der Waals surface area contributed by atoms with Crippen LogP contribution in [0.1, 0.15) is 24.5 Å². The summed E-state index contributed by atoms with van der Waals surface area (Å²) in [5.41, 5.74) is 1.32. The van der Waals surface area contributed by atoms with Crippen LogP contribution >= 0.6 is 12.4 Å². The Balaban J connectivity index is 0.00000208. The predicted molar refractivity (Wildman–Crippen MR) is 92.8 cm³/mol. The largest absolute Gasteiger partial charge is 0.386 e. The van der Waals surface area contributed by atoms with Gasteiger partial charge in [0.05, 0.1) is 5.52 Å². The molecule has 0 radical (unpaired) electrons. The molecule has 0 unspecified atom stereocenters. The minimum absolute atomic E-state index is 0. The number of likely N-dealkylation sites (tertiary alicyclic amines) is 1. The van der Waals surface area contributed by atoms with Crippen LogP contribution in [0.25, 0.3) is 10.9 Å². The van der Waals surface area contributed by atoms with E-state index in [0.29, 0.717) is 25.1 Å². The van der Waals surface area contributed by atoms with E-state index in [0.717, 1.165) is 23.7 Å². The number of rotatable bonds is 5. The molecule has 2 atom stereocenters. The van der Waals surface area contributed by atoms with Crippen LogP contribution in [0.5, 0.6) is 0 Å². The number of carbonyl (C=O) groups excluding carboxylic acids is 2. The average molecular weight is 350 g/mol. The van der Waals surface area contributed by atoms with E-state index in [2.05, 4.69) is 10.3 Å². The molecule has 1 aliphatic rings. The van der Waals surface area contributed by atoms with E-state index in [9.17, 15) is 14.7 Å². The highest BCUT2D eigenvalue weighted by molar-refractivity contribution is 5.86. The number of nitrogens with zero attached hydrogens (tertiary/aromatic N) is 2. The Labute approximate surface area is 146 Å². The first-order chi connectivity index (χ1) is 11.2. The number of carbonyl (C=O) groups is 2. The number of aromatic nitrogens is 1. The van der Waals surface area contributed by atoms with Crippen LogP contribution in [0.2, 0.25) is 0 Å². The third-order valence-corrected chi connectivity index (χ3v) is 4.20. The number of benzene rings is 1. The lowest BCUT2D eigenvalue weighted by molar-refractivity contribution is -0.137. The zero-order valence-corrected chi connectivity index (χ0v) is 13.9. The Morgan fingerprint density at radius 3 is 2.71 bits per heavy atom. The Kier molecular flexibility index (Phi) is 6.11. The number of hydrogen-bond acceptors (Lipinski definition) is 4. The molecule has 2 heterocycles. The summed E-state index contributed by atoms with van der Waals surface area (Å²) in [6.07, 6.45) is 2.77. The van der Waals surface area contributed by atoms with E-state index >= 15 is 0 Å². The molecule has 1 aromatic carbocycles. The van der Waals surface area contributed by atoms with Crippen molar-refractivity contribution in [3.8, 4) is 0 Å². The lowest BCUT2D eigenvalue weighted by Gasteiger charge is -2.26. The molecule has 2 aromatic rings. The number of pyridine rings is 1. The van der Waals surface area contributed by atoms with Gasteiger partial charge in [-0.05, 0) is 25.0 Å². The zero-order valence-electron chi connectivity index (χ0n) is 13.1. The van der Waals surface area contributed by atoms with Crippen LogP contribution in [0.15, 0.2) is 36.5 Å². The van der Waals surface area contributed by atoms with E-state index in [1.165, 1.54) is 0 Å². The van der Waals surface area contributed by atoms with Crippen LogP contribution < -0.4 is 5.32 Å². The molecule has 1 saturated heterocycles. The average Bonchev–Trinajstić information content (AvgIpc) is 3.12. The van der Waals surface area contributed by atoms with Gasteiger partial charge in [0, 0.05) is 30.2 Å². The molecule has 6 nitrogen and oxygen atoms in total.